The van der Waals surface area contributed by atoms with Crippen LogP contribution in [0.15, 0.2) is 0 Å². The maximum absolute atomic E-state index is 11.4. The third kappa shape index (κ3) is 3.96. The summed E-state index contributed by atoms with van der Waals surface area (Å²) in [6.07, 6.45) is 5.11. The molecule has 1 saturated carbocycles. The Morgan fingerprint density at radius 1 is 1.35 bits per heavy atom. The highest BCUT2D eigenvalue weighted by Crippen LogP contribution is 2.36. The summed E-state index contributed by atoms with van der Waals surface area (Å²) in [4.78, 5) is 11.4. The Hall–Kier alpha value is -0.610. The molecule has 1 rings (SSSR count). The molecule has 0 aromatic rings. The van der Waals surface area contributed by atoms with Crippen LogP contribution in [-0.2, 0) is 14.3 Å². The van der Waals surface area contributed by atoms with Crippen molar-refractivity contribution in [3.63, 3.8) is 0 Å². The first kappa shape index (κ1) is 14.5. The summed E-state index contributed by atoms with van der Waals surface area (Å²) < 4.78 is 10.6. The summed E-state index contributed by atoms with van der Waals surface area (Å²) in [6.45, 7) is 3.25. The van der Waals surface area contributed by atoms with Crippen LogP contribution < -0.4 is 0 Å². The Balaban J connectivity index is 2.44. The van der Waals surface area contributed by atoms with E-state index in [0.29, 0.717) is 32.0 Å². The van der Waals surface area contributed by atoms with Gasteiger partial charge in [0.25, 0.3) is 0 Å². The first-order valence-electron chi connectivity index (χ1n) is 6.51. The van der Waals surface area contributed by atoms with Crippen LogP contribution in [0.25, 0.3) is 0 Å². The monoisotopic (exact) mass is 244 g/mol. The Kier molecular flexibility index (Phi) is 5.92. The molecule has 4 nitrogen and oxygen atoms in total. The van der Waals surface area contributed by atoms with E-state index < -0.39 is 11.6 Å². The molecule has 0 unspecified atom stereocenters. The van der Waals surface area contributed by atoms with Gasteiger partial charge in [-0.1, -0.05) is 13.3 Å². The molecular formula is C13H24O4. The molecule has 1 aliphatic rings. The number of aliphatic carboxylic acids is 1. The van der Waals surface area contributed by atoms with Gasteiger partial charge in [-0.3, -0.25) is 0 Å². The lowest BCUT2D eigenvalue weighted by Gasteiger charge is -2.36. The minimum Gasteiger partial charge on any atom is -0.479 e. The molecule has 1 N–H and O–H groups in total. The van der Waals surface area contributed by atoms with Gasteiger partial charge in [0.2, 0.25) is 0 Å². The van der Waals surface area contributed by atoms with Crippen molar-refractivity contribution in [1.82, 2.24) is 0 Å². The van der Waals surface area contributed by atoms with Gasteiger partial charge in [0, 0.05) is 13.7 Å². The predicted molar refractivity (Wildman–Crippen MR) is 65.1 cm³/mol. The van der Waals surface area contributed by atoms with Crippen molar-refractivity contribution in [1.29, 1.82) is 0 Å². The molecule has 0 aromatic carbocycles. The van der Waals surface area contributed by atoms with E-state index in [1.165, 1.54) is 0 Å². The highest BCUT2D eigenvalue weighted by Gasteiger charge is 2.42. The van der Waals surface area contributed by atoms with Crippen molar-refractivity contribution in [3.8, 4) is 0 Å². The fourth-order valence-electron chi connectivity index (χ4n) is 2.44. The predicted octanol–water partition coefficient (Wildman–Crippen LogP) is 2.46. The SMILES string of the molecule is CCC1CCC(OCCCOC)(C(=O)O)CC1. The lowest BCUT2D eigenvalue weighted by atomic mass is 9.77. The molecule has 0 amide bonds. The standard InChI is InChI=1S/C13H24O4/c1-3-11-5-7-13(8-6-11,12(14)15)17-10-4-9-16-2/h11H,3-10H2,1-2H3,(H,14,15). The molecule has 0 atom stereocenters. The molecule has 0 heterocycles. The maximum Gasteiger partial charge on any atom is 0.335 e. The van der Waals surface area contributed by atoms with Crippen LogP contribution in [0.2, 0.25) is 0 Å². The second-order valence-corrected chi connectivity index (χ2v) is 4.85. The fourth-order valence-corrected chi connectivity index (χ4v) is 2.44. The molecule has 100 valence electrons. The van der Waals surface area contributed by atoms with Gasteiger partial charge in [0.15, 0.2) is 5.60 Å². The van der Waals surface area contributed by atoms with Crippen molar-refractivity contribution in [2.75, 3.05) is 20.3 Å². The van der Waals surface area contributed by atoms with Crippen LogP contribution >= 0.6 is 0 Å². The van der Waals surface area contributed by atoms with Gasteiger partial charge in [-0.25, -0.2) is 4.79 Å². The van der Waals surface area contributed by atoms with Gasteiger partial charge in [0.1, 0.15) is 0 Å². The molecule has 17 heavy (non-hydrogen) atoms. The van der Waals surface area contributed by atoms with E-state index in [1.807, 2.05) is 0 Å². The van der Waals surface area contributed by atoms with Gasteiger partial charge in [0.05, 0.1) is 6.61 Å². The summed E-state index contributed by atoms with van der Waals surface area (Å²) in [5.74, 6) is -0.130. The topological polar surface area (TPSA) is 55.8 Å². The van der Waals surface area contributed by atoms with E-state index >= 15 is 0 Å². The third-order valence-corrected chi connectivity index (χ3v) is 3.75. The van der Waals surface area contributed by atoms with Gasteiger partial charge < -0.3 is 14.6 Å². The minimum absolute atomic E-state index is 0.469. The molecule has 0 aliphatic heterocycles. The van der Waals surface area contributed by atoms with E-state index in [1.54, 1.807) is 7.11 Å². The lowest BCUT2D eigenvalue weighted by molar-refractivity contribution is -0.172. The van der Waals surface area contributed by atoms with Crippen molar-refractivity contribution in [2.24, 2.45) is 5.92 Å². The Morgan fingerprint density at radius 2 is 2.00 bits per heavy atom. The first-order chi connectivity index (χ1) is 8.14. The highest BCUT2D eigenvalue weighted by atomic mass is 16.5. The molecule has 0 bridgehead atoms. The molecule has 1 fully saturated rings. The summed E-state index contributed by atoms with van der Waals surface area (Å²) >= 11 is 0. The highest BCUT2D eigenvalue weighted by molar-refractivity contribution is 5.77. The van der Waals surface area contributed by atoms with Crippen LogP contribution in [0.5, 0.6) is 0 Å². The summed E-state index contributed by atoms with van der Waals surface area (Å²) in [5, 5.41) is 9.35. The molecular weight excluding hydrogens is 220 g/mol. The summed E-state index contributed by atoms with van der Waals surface area (Å²) in [6, 6.07) is 0. The lowest BCUT2D eigenvalue weighted by Crippen LogP contribution is -2.45. The average Bonchev–Trinajstić information content (AvgIpc) is 2.35. The number of methoxy groups -OCH3 is 1. The van der Waals surface area contributed by atoms with Crippen molar-refractivity contribution in [2.45, 2.75) is 51.0 Å². The minimum atomic E-state index is -0.931. The van der Waals surface area contributed by atoms with Crippen LogP contribution in [0.1, 0.15) is 45.4 Å². The van der Waals surface area contributed by atoms with Crippen LogP contribution in [-0.4, -0.2) is 37.0 Å². The largest absolute Gasteiger partial charge is 0.479 e. The number of rotatable bonds is 7. The van der Waals surface area contributed by atoms with Gasteiger partial charge >= 0.3 is 5.97 Å². The second-order valence-electron chi connectivity index (χ2n) is 4.85. The quantitative estimate of drug-likeness (QED) is 0.699. The molecule has 0 spiro atoms. The molecule has 0 radical (unpaired) electrons. The number of hydrogen-bond acceptors (Lipinski definition) is 3. The first-order valence-corrected chi connectivity index (χ1v) is 6.51. The Bertz CT molecular complexity index is 232. The number of ether oxygens (including phenoxy) is 2. The Labute approximate surface area is 103 Å². The fraction of sp³-hybridized carbons (Fsp3) is 0.923. The molecule has 1 aliphatic carbocycles. The summed E-state index contributed by atoms with van der Waals surface area (Å²) in [5.41, 5.74) is -0.931. The van der Waals surface area contributed by atoms with Crippen LogP contribution in [0.4, 0.5) is 0 Å². The smallest absolute Gasteiger partial charge is 0.335 e. The Morgan fingerprint density at radius 3 is 2.47 bits per heavy atom. The number of carbonyl (C=O) groups is 1. The number of hydrogen-bond donors (Lipinski definition) is 1. The normalized spacial score (nSPS) is 29.2. The van der Waals surface area contributed by atoms with Crippen molar-refractivity contribution < 1.29 is 19.4 Å². The summed E-state index contributed by atoms with van der Waals surface area (Å²) in [7, 11) is 1.64. The van der Waals surface area contributed by atoms with E-state index in [4.69, 9.17) is 9.47 Å². The zero-order chi connectivity index (χ0) is 12.7. The van der Waals surface area contributed by atoms with Crippen molar-refractivity contribution in [3.05, 3.63) is 0 Å². The van der Waals surface area contributed by atoms with Crippen molar-refractivity contribution >= 4 is 5.97 Å². The molecule has 0 aromatic heterocycles. The van der Waals surface area contributed by atoms with E-state index in [0.717, 1.165) is 25.7 Å². The van der Waals surface area contributed by atoms with E-state index in [-0.39, 0.29) is 0 Å². The van der Waals surface area contributed by atoms with E-state index in [2.05, 4.69) is 6.92 Å². The van der Waals surface area contributed by atoms with Crippen LogP contribution in [0, 0.1) is 5.92 Å². The van der Waals surface area contributed by atoms with Crippen LogP contribution in [0.3, 0.4) is 0 Å². The third-order valence-electron chi connectivity index (χ3n) is 3.75. The van der Waals surface area contributed by atoms with Gasteiger partial charge in [-0.05, 0) is 38.0 Å². The van der Waals surface area contributed by atoms with E-state index in [9.17, 15) is 9.90 Å². The zero-order valence-electron chi connectivity index (χ0n) is 10.9. The molecule has 0 saturated heterocycles. The second kappa shape index (κ2) is 6.97. The zero-order valence-corrected chi connectivity index (χ0v) is 10.9. The van der Waals surface area contributed by atoms with Gasteiger partial charge in [-0.15, -0.1) is 0 Å². The average molecular weight is 244 g/mol. The maximum atomic E-state index is 11.4. The van der Waals surface area contributed by atoms with Gasteiger partial charge in [-0.2, -0.15) is 0 Å². The molecule has 4 heteroatoms. The number of carboxylic acids is 1. The number of carboxylic acid groups (broad SMARTS) is 1.